The van der Waals surface area contributed by atoms with Crippen molar-refractivity contribution in [2.45, 2.75) is 42.7 Å². The molecule has 0 radical (unpaired) electrons. The van der Waals surface area contributed by atoms with Gasteiger partial charge in [0.1, 0.15) is 5.03 Å². The van der Waals surface area contributed by atoms with Crippen molar-refractivity contribution in [1.29, 1.82) is 0 Å². The second-order valence-electron chi connectivity index (χ2n) is 7.60. The first-order chi connectivity index (χ1) is 14.9. The average molecular weight is 452 g/mol. The van der Waals surface area contributed by atoms with Crippen molar-refractivity contribution in [3.8, 4) is 0 Å². The number of halogens is 1. The fourth-order valence-corrected chi connectivity index (χ4v) is 4.25. The van der Waals surface area contributed by atoms with Crippen LogP contribution in [-0.4, -0.2) is 22.8 Å². The summed E-state index contributed by atoms with van der Waals surface area (Å²) in [6.45, 7) is 4.12. The van der Waals surface area contributed by atoms with Crippen LogP contribution >= 0.6 is 23.4 Å². The predicted molar refractivity (Wildman–Crippen MR) is 124 cm³/mol. The Morgan fingerprint density at radius 3 is 2.52 bits per heavy atom. The van der Waals surface area contributed by atoms with Gasteiger partial charge >= 0.3 is 0 Å². The van der Waals surface area contributed by atoms with Gasteiger partial charge < -0.3 is 10.6 Å². The molecule has 5 nitrogen and oxygen atoms in total. The molecule has 1 heterocycles. The molecule has 0 bridgehead atoms. The topological polar surface area (TPSA) is 71.1 Å². The van der Waals surface area contributed by atoms with Crippen LogP contribution in [0.15, 0.2) is 64.6 Å². The van der Waals surface area contributed by atoms with E-state index < -0.39 is 0 Å². The van der Waals surface area contributed by atoms with Gasteiger partial charge in [0.05, 0.1) is 16.1 Å². The molecule has 0 spiro atoms. The van der Waals surface area contributed by atoms with Crippen molar-refractivity contribution < 1.29 is 9.59 Å². The van der Waals surface area contributed by atoms with Crippen molar-refractivity contribution in [2.24, 2.45) is 0 Å². The minimum atomic E-state index is -0.286. The van der Waals surface area contributed by atoms with Gasteiger partial charge in [-0.1, -0.05) is 29.4 Å². The highest BCUT2D eigenvalue weighted by Crippen LogP contribution is 2.31. The Kier molecular flexibility index (Phi) is 6.30. The lowest BCUT2D eigenvalue weighted by atomic mass is 10.1. The van der Waals surface area contributed by atoms with Crippen LogP contribution < -0.4 is 10.6 Å². The van der Waals surface area contributed by atoms with Gasteiger partial charge in [0.2, 0.25) is 0 Å². The number of rotatable bonds is 6. The molecule has 3 aromatic rings. The van der Waals surface area contributed by atoms with E-state index in [2.05, 4.69) is 41.6 Å². The lowest BCUT2D eigenvalue weighted by molar-refractivity contribution is 0.0950. The Bertz CT molecular complexity index is 1160. The Morgan fingerprint density at radius 1 is 1.00 bits per heavy atom. The van der Waals surface area contributed by atoms with E-state index in [1.165, 1.54) is 22.9 Å². The largest absolute Gasteiger partial charge is 0.349 e. The standard InChI is InChI=1S/C24H22ClN3O2S/c1-14-5-9-18(12-15(14)2)31-24-20(4-3-11-26-24)23(30)28-17-8-10-19(21(25)13-17)22(29)27-16-6-7-16/h3-5,8-13,16H,6-7H2,1-2H3,(H,27,29)(H,28,30). The van der Waals surface area contributed by atoms with Crippen molar-refractivity contribution in [3.05, 3.63) is 82.0 Å². The van der Waals surface area contributed by atoms with Crippen LogP contribution in [0, 0.1) is 13.8 Å². The van der Waals surface area contributed by atoms with Crippen molar-refractivity contribution in [1.82, 2.24) is 10.3 Å². The molecular weight excluding hydrogens is 430 g/mol. The number of hydrogen-bond acceptors (Lipinski definition) is 4. The summed E-state index contributed by atoms with van der Waals surface area (Å²) in [5.74, 6) is -0.476. The molecule has 1 aromatic heterocycles. The average Bonchev–Trinajstić information content (AvgIpc) is 3.55. The highest BCUT2D eigenvalue weighted by molar-refractivity contribution is 7.99. The smallest absolute Gasteiger partial charge is 0.258 e. The highest BCUT2D eigenvalue weighted by Gasteiger charge is 2.25. The minimum Gasteiger partial charge on any atom is -0.349 e. The van der Waals surface area contributed by atoms with E-state index in [0.29, 0.717) is 26.9 Å². The van der Waals surface area contributed by atoms with E-state index in [4.69, 9.17) is 11.6 Å². The second kappa shape index (κ2) is 9.12. The zero-order valence-corrected chi connectivity index (χ0v) is 18.8. The van der Waals surface area contributed by atoms with Crippen LogP contribution in [0.1, 0.15) is 44.7 Å². The molecule has 2 N–H and O–H groups in total. The van der Waals surface area contributed by atoms with Gasteiger partial charge in [0, 0.05) is 22.8 Å². The summed E-state index contributed by atoms with van der Waals surface area (Å²) < 4.78 is 0. The molecule has 1 aliphatic carbocycles. The maximum Gasteiger partial charge on any atom is 0.258 e. The zero-order valence-electron chi connectivity index (χ0n) is 17.2. The van der Waals surface area contributed by atoms with E-state index in [9.17, 15) is 9.59 Å². The number of nitrogens with one attached hydrogen (secondary N) is 2. The number of anilines is 1. The number of carbonyl (C=O) groups is 2. The van der Waals surface area contributed by atoms with E-state index >= 15 is 0 Å². The van der Waals surface area contributed by atoms with Crippen molar-refractivity contribution >= 4 is 40.9 Å². The molecule has 2 aromatic carbocycles. The summed E-state index contributed by atoms with van der Waals surface area (Å²) in [6.07, 6.45) is 3.68. The maximum absolute atomic E-state index is 12.9. The summed E-state index contributed by atoms with van der Waals surface area (Å²) >= 11 is 7.74. The van der Waals surface area contributed by atoms with Gasteiger partial charge in [-0.3, -0.25) is 9.59 Å². The molecule has 0 aliphatic heterocycles. The Morgan fingerprint density at radius 2 is 1.81 bits per heavy atom. The second-order valence-corrected chi connectivity index (χ2v) is 9.07. The SMILES string of the molecule is Cc1ccc(Sc2ncccc2C(=O)Nc2ccc(C(=O)NC3CC3)c(Cl)c2)cc1C. The van der Waals surface area contributed by atoms with Crippen LogP contribution in [0.3, 0.4) is 0 Å². The number of aryl methyl sites for hydroxylation is 2. The van der Waals surface area contributed by atoms with E-state index in [1.54, 1.807) is 36.5 Å². The van der Waals surface area contributed by atoms with Gasteiger partial charge in [-0.25, -0.2) is 4.98 Å². The van der Waals surface area contributed by atoms with Crippen molar-refractivity contribution in [3.63, 3.8) is 0 Å². The van der Waals surface area contributed by atoms with E-state index in [1.807, 2.05) is 6.07 Å². The van der Waals surface area contributed by atoms with Gasteiger partial charge in [-0.2, -0.15) is 0 Å². The molecule has 4 rings (SSSR count). The van der Waals surface area contributed by atoms with E-state index in [0.717, 1.165) is 17.7 Å². The predicted octanol–water partition coefficient (Wildman–Crippen LogP) is 5.65. The fraction of sp³-hybridized carbons (Fsp3) is 0.208. The number of hydrogen-bond donors (Lipinski definition) is 2. The first-order valence-corrected chi connectivity index (χ1v) is 11.2. The third-order valence-electron chi connectivity index (χ3n) is 5.09. The maximum atomic E-state index is 12.9. The Labute approximate surface area is 190 Å². The number of carbonyl (C=O) groups excluding carboxylic acids is 2. The monoisotopic (exact) mass is 451 g/mol. The summed E-state index contributed by atoms with van der Waals surface area (Å²) in [5.41, 5.74) is 3.79. The third-order valence-corrected chi connectivity index (χ3v) is 6.41. The summed E-state index contributed by atoms with van der Waals surface area (Å²) in [4.78, 5) is 30.6. The summed E-state index contributed by atoms with van der Waals surface area (Å²) in [7, 11) is 0. The van der Waals surface area contributed by atoms with Crippen LogP contribution in [-0.2, 0) is 0 Å². The molecule has 2 amide bonds. The Balaban J connectivity index is 1.50. The summed E-state index contributed by atoms with van der Waals surface area (Å²) in [5, 5.41) is 6.69. The number of nitrogens with zero attached hydrogens (tertiary/aromatic N) is 1. The lowest BCUT2D eigenvalue weighted by Gasteiger charge is -2.11. The third kappa shape index (κ3) is 5.27. The molecule has 158 valence electrons. The van der Waals surface area contributed by atoms with Crippen LogP contribution in [0.2, 0.25) is 5.02 Å². The molecule has 1 aliphatic rings. The molecule has 1 saturated carbocycles. The molecule has 0 saturated heterocycles. The molecule has 0 unspecified atom stereocenters. The first kappa shape index (κ1) is 21.4. The number of amides is 2. The van der Waals surface area contributed by atoms with Gasteiger partial charge in [-0.05, 0) is 80.3 Å². The van der Waals surface area contributed by atoms with Crippen LogP contribution in [0.5, 0.6) is 0 Å². The molecule has 1 fully saturated rings. The number of aromatic nitrogens is 1. The van der Waals surface area contributed by atoms with Crippen LogP contribution in [0.25, 0.3) is 0 Å². The van der Waals surface area contributed by atoms with Crippen LogP contribution in [0.4, 0.5) is 5.69 Å². The van der Waals surface area contributed by atoms with E-state index in [-0.39, 0.29) is 17.9 Å². The quantitative estimate of drug-likeness (QED) is 0.508. The van der Waals surface area contributed by atoms with Gasteiger partial charge in [-0.15, -0.1) is 0 Å². The van der Waals surface area contributed by atoms with Crippen molar-refractivity contribution in [2.75, 3.05) is 5.32 Å². The van der Waals surface area contributed by atoms with Gasteiger partial charge in [0.25, 0.3) is 11.8 Å². The molecule has 7 heteroatoms. The zero-order chi connectivity index (χ0) is 22.0. The fourth-order valence-electron chi connectivity index (χ4n) is 3.00. The Hall–Kier alpha value is -2.83. The molecular formula is C24H22ClN3O2S. The first-order valence-electron chi connectivity index (χ1n) is 10.0. The minimum absolute atomic E-state index is 0.190. The number of benzene rings is 2. The van der Waals surface area contributed by atoms with Gasteiger partial charge in [0.15, 0.2) is 0 Å². The summed E-state index contributed by atoms with van der Waals surface area (Å²) in [6, 6.07) is 14.8. The lowest BCUT2D eigenvalue weighted by Crippen LogP contribution is -2.25. The molecule has 0 atom stereocenters. The number of pyridine rings is 1. The normalized spacial score (nSPS) is 13.0. The molecule has 31 heavy (non-hydrogen) atoms. The highest BCUT2D eigenvalue weighted by atomic mass is 35.5.